The maximum Gasteiger partial charge on any atom is 0.335 e. The molecule has 3 heteroatoms. The molecule has 1 rings (SSSR count). The Morgan fingerprint density at radius 2 is 2.21 bits per heavy atom. The predicted molar refractivity (Wildman–Crippen MR) is 56.5 cm³/mol. The van der Waals surface area contributed by atoms with E-state index in [1.807, 2.05) is 6.92 Å². The van der Waals surface area contributed by atoms with Crippen LogP contribution in [0.2, 0.25) is 0 Å². The van der Waals surface area contributed by atoms with Crippen LogP contribution in [0.5, 0.6) is 0 Å². The zero-order valence-electron chi connectivity index (χ0n) is 8.45. The summed E-state index contributed by atoms with van der Waals surface area (Å²) >= 11 is 0. The summed E-state index contributed by atoms with van der Waals surface area (Å²) in [7, 11) is 0. The molecule has 0 fully saturated rings. The maximum absolute atomic E-state index is 10.7. The molecule has 0 aliphatic carbocycles. The van der Waals surface area contributed by atoms with Gasteiger partial charge in [-0.3, -0.25) is 0 Å². The number of carboxylic acid groups (broad SMARTS) is 1. The highest BCUT2D eigenvalue weighted by atomic mass is 16.4. The largest absolute Gasteiger partial charge is 0.478 e. The molecule has 1 aromatic carbocycles. The van der Waals surface area contributed by atoms with Gasteiger partial charge in [0.2, 0.25) is 0 Å². The Bertz CT molecular complexity index is 347. The van der Waals surface area contributed by atoms with E-state index in [1.54, 1.807) is 12.1 Å². The standard InChI is InChI=1S/C11H15NO2/c1-3-7(2)9-6-8(11(13)14)4-5-10(9)12/h4-7H,3,12H2,1-2H3,(H,13,14). The van der Waals surface area contributed by atoms with E-state index in [0.29, 0.717) is 17.2 Å². The average Bonchev–Trinajstić information content (AvgIpc) is 2.17. The van der Waals surface area contributed by atoms with E-state index in [1.165, 1.54) is 6.07 Å². The van der Waals surface area contributed by atoms with Crippen LogP contribution in [0.15, 0.2) is 18.2 Å². The molecule has 3 N–H and O–H groups in total. The SMILES string of the molecule is CCC(C)c1cc(C(=O)O)ccc1N. The predicted octanol–water partition coefficient (Wildman–Crippen LogP) is 2.48. The maximum atomic E-state index is 10.7. The van der Waals surface area contributed by atoms with Crippen molar-refractivity contribution in [2.24, 2.45) is 0 Å². The second-order valence-electron chi connectivity index (χ2n) is 3.46. The van der Waals surface area contributed by atoms with Gasteiger partial charge in [0.05, 0.1) is 5.56 Å². The number of nitrogens with two attached hydrogens (primary N) is 1. The van der Waals surface area contributed by atoms with Crippen LogP contribution in [0, 0.1) is 0 Å². The van der Waals surface area contributed by atoms with E-state index < -0.39 is 5.97 Å². The molecule has 0 bridgehead atoms. The average molecular weight is 193 g/mol. The van der Waals surface area contributed by atoms with Gasteiger partial charge in [0, 0.05) is 5.69 Å². The van der Waals surface area contributed by atoms with Crippen molar-refractivity contribution in [2.45, 2.75) is 26.2 Å². The summed E-state index contributed by atoms with van der Waals surface area (Å²) in [5, 5.41) is 8.81. The number of aromatic carboxylic acids is 1. The minimum Gasteiger partial charge on any atom is -0.478 e. The van der Waals surface area contributed by atoms with Gasteiger partial charge in [-0.1, -0.05) is 13.8 Å². The van der Waals surface area contributed by atoms with E-state index in [0.717, 1.165) is 12.0 Å². The molecule has 0 aliphatic rings. The Morgan fingerprint density at radius 1 is 1.57 bits per heavy atom. The van der Waals surface area contributed by atoms with Gasteiger partial charge in [-0.05, 0) is 36.1 Å². The molecule has 1 aromatic rings. The van der Waals surface area contributed by atoms with Crippen molar-refractivity contribution in [1.29, 1.82) is 0 Å². The zero-order chi connectivity index (χ0) is 10.7. The van der Waals surface area contributed by atoms with Crippen LogP contribution in [0.1, 0.15) is 42.1 Å². The van der Waals surface area contributed by atoms with Crippen LogP contribution in [0.3, 0.4) is 0 Å². The van der Waals surface area contributed by atoms with Crippen LogP contribution in [-0.2, 0) is 0 Å². The van der Waals surface area contributed by atoms with Crippen molar-refractivity contribution in [3.8, 4) is 0 Å². The number of hydrogen-bond acceptors (Lipinski definition) is 2. The van der Waals surface area contributed by atoms with Gasteiger partial charge in [-0.2, -0.15) is 0 Å². The van der Waals surface area contributed by atoms with Crippen molar-refractivity contribution < 1.29 is 9.90 Å². The highest BCUT2D eigenvalue weighted by Crippen LogP contribution is 2.25. The fraction of sp³-hybridized carbons (Fsp3) is 0.364. The van der Waals surface area contributed by atoms with Crippen molar-refractivity contribution in [2.75, 3.05) is 5.73 Å². The van der Waals surface area contributed by atoms with E-state index in [-0.39, 0.29) is 0 Å². The summed E-state index contributed by atoms with van der Waals surface area (Å²) in [5.41, 5.74) is 7.67. The molecule has 0 spiro atoms. The van der Waals surface area contributed by atoms with Crippen LogP contribution in [-0.4, -0.2) is 11.1 Å². The van der Waals surface area contributed by atoms with E-state index in [2.05, 4.69) is 6.92 Å². The van der Waals surface area contributed by atoms with Gasteiger partial charge in [-0.15, -0.1) is 0 Å². The fourth-order valence-corrected chi connectivity index (χ4v) is 1.35. The molecular formula is C11H15NO2. The number of carboxylic acids is 1. The Morgan fingerprint density at radius 3 is 2.71 bits per heavy atom. The lowest BCUT2D eigenvalue weighted by Gasteiger charge is -2.12. The second kappa shape index (κ2) is 4.13. The molecular weight excluding hydrogens is 178 g/mol. The van der Waals surface area contributed by atoms with Crippen molar-refractivity contribution in [3.05, 3.63) is 29.3 Å². The molecule has 0 heterocycles. The number of nitrogen functional groups attached to an aromatic ring is 1. The number of benzene rings is 1. The van der Waals surface area contributed by atoms with Crippen LogP contribution in [0.25, 0.3) is 0 Å². The molecule has 0 radical (unpaired) electrons. The number of hydrogen-bond donors (Lipinski definition) is 2. The Balaban J connectivity index is 3.14. The first-order chi connectivity index (χ1) is 6.56. The Hall–Kier alpha value is -1.51. The summed E-state index contributed by atoms with van der Waals surface area (Å²) in [5.74, 6) is -0.608. The van der Waals surface area contributed by atoms with Gasteiger partial charge in [-0.25, -0.2) is 4.79 Å². The van der Waals surface area contributed by atoms with Gasteiger partial charge in [0.15, 0.2) is 0 Å². The molecule has 14 heavy (non-hydrogen) atoms. The van der Waals surface area contributed by atoms with Gasteiger partial charge < -0.3 is 10.8 Å². The third kappa shape index (κ3) is 2.05. The molecule has 0 saturated heterocycles. The fourth-order valence-electron chi connectivity index (χ4n) is 1.35. The smallest absolute Gasteiger partial charge is 0.335 e. The Kier molecular flexibility index (Phi) is 3.12. The van der Waals surface area contributed by atoms with Gasteiger partial charge >= 0.3 is 5.97 Å². The van der Waals surface area contributed by atoms with Crippen molar-refractivity contribution in [3.63, 3.8) is 0 Å². The molecule has 0 saturated carbocycles. The molecule has 0 amide bonds. The monoisotopic (exact) mass is 193 g/mol. The first-order valence-electron chi connectivity index (χ1n) is 4.69. The summed E-state index contributed by atoms with van der Waals surface area (Å²) in [4.78, 5) is 10.7. The normalized spacial score (nSPS) is 12.4. The molecule has 0 aromatic heterocycles. The number of carbonyl (C=O) groups is 1. The van der Waals surface area contributed by atoms with Gasteiger partial charge in [0.25, 0.3) is 0 Å². The third-order valence-corrected chi connectivity index (χ3v) is 2.48. The molecule has 1 atom stereocenters. The van der Waals surface area contributed by atoms with Crippen molar-refractivity contribution >= 4 is 11.7 Å². The minimum atomic E-state index is -0.908. The molecule has 3 nitrogen and oxygen atoms in total. The van der Waals surface area contributed by atoms with E-state index >= 15 is 0 Å². The summed E-state index contributed by atoms with van der Waals surface area (Å²) in [6, 6.07) is 4.85. The minimum absolute atomic E-state index is 0.300. The number of rotatable bonds is 3. The van der Waals surface area contributed by atoms with E-state index in [9.17, 15) is 4.79 Å². The lowest BCUT2D eigenvalue weighted by molar-refractivity contribution is 0.0697. The topological polar surface area (TPSA) is 63.3 Å². The second-order valence-corrected chi connectivity index (χ2v) is 3.46. The summed E-state index contributed by atoms with van der Waals surface area (Å²) < 4.78 is 0. The first-order valence-corrected chi connectivity index (χ1v) is 4.69. The Labute approximate surface area is 83.6 Å². The lowest BCUT2D eigenvalue weighted by atomic mass is 9.95. The zero-order valence-corrected chi connectivity index (χ0v) is 8.45. The third-order valence-electron chi connectivity index (χ3n) is 2.48. The summed E-state index contributed by atoms with van der Waals surface area (Å²) in [6.07, 6.45) is 0.952. The van der Waals surface area contributed by atoms with Crippen LogP contribution >= 0.6 is 0 Å². The molecule has 76 valence electrons. The first kappa shape index (κ1) is 10.6. The van der Waals surface area contributed by atoms with Crippen LogP contribution < -0.4 is 5.73 Å². The summed E-state index contributed by atoms with van der Waals surface area (Å²) in [6.45, 7) is 4.09. The van der Waals surface area contributed by atoms with Crippen LogP contribution in [0.4, 0.5) is 5.69 Å². The highest BCUT2D eigenvalue weighted by Gasteiger charge is 2.10. The van der Waals surface area contributed by atoms with E-state index in [4.69, 9.17) is 10.8 Å². The van der Waals surface area contributed by atoms with Gasteiger partial charge in [0.1, 0.15) is 0 Å². The molecule has 1 unspecified atom stereocenters. The quantitative estimate of drug-likeness (QED) is 0.725. The number of anilines is 1. The highest BCUT2D eigenvalue weighted by molar-refractivity contribution is 5.88. The lowest BCUT2D eigenvalue weighted by Crippen LogP contribution is -2.03. The molecule has 0 aliphatic heterocycles. The van der Waals surface area contributed by atoms with Crippen molar-refractivity contribution in [1.82, 2.24) is 0 Å².